The van der Waals surface area contributed by atoms with E-state index >= 15 is 0 Å². The average molecular weight is 195 g/mol. The van der Waals surface area contributed by atoms with E-state index in [2.05, 4.69) is 19.9 Å². The maximum Gasteiger partial charge on any atom is 0.150 e. The van der Waals surface area contributed by atoms with Gasteiger partial charge in [0.15, 0.2) is 0 Å². The number of hydrogen-bond acceptors (Lipinski definition) is 2. The molecule has 0 saturated carbocycles. The molecule has 80 valence electrons. The molecule has 0 amide bonds. The molecule has 0 radical (unpaired) electrons. The van der Waals surface area contributed by atoms with Crippen LogP contribution in [0.3, 0.4) is 0 Å². The van der Waals surface area contributed by atoms with E-state index in [0.717, 1.165) is 6.42 Å². The zero-order valence-corrected chi connectivity index (χ0v) is 9.71. The molecular weight excluding hydrogens is 174 g/mol. The number of rotatable bonds is 6. The zero-order chi connectivity index (χ0) is 11.1. The van der Waals surface area contributed by atoms with E-state index in [4.69, 9.17) is 5.26 Å². The molecule has 0 N–H and O–H groups in total. The summed E-state index contributed by atoms with van der Waals surface area (Å²) in [4.78, 5) is 11.6. The van der Waals surface area contributed by atoms with Crippen molar-refractivity contribution >= 4 is 5.78 Å². The predicted octanol–water partition coefficient (Wildman–Crippen LogP) is 3.18. The van der Waals surface area contributed by atoms with Crippen LogP contribution in [0.2, 0.25) is 0 Å². The fourth-order valence-electron chi connectivity index (χ4n) is 1.33. The van der Waals surface area contributed by atoms with Crippen LogP contribution in [-0.4, -0.2) is 5.78 Å². The molecule has 0 aliphatic carbocycles. The minimum Gasteiger partial charge on any atom is -0.298 e. The first-order chi connectivity index (χ1) is 6.47. The van der Waals surface area contributed by atoms with E-state index in [1.165, 1.54) is 0 Å². The third-order valence-electron chi connectivity index (χ3n) is 2.22. The van der Waals surface area contributed by atoms with Crippen molar-refractivity contribution in [2.24, 2.45) is 17.8 Å². The zero-order valence-electron chi connectivity index (χ0n) is 9.71. The Kier molecular flexibility index (Phi) is 6.19. The Balaban J connectivity index is 4.00. The number of hydrogen-bond donors (Lipinski definition) is 0. The van der Waals surface area contributed by atoms with Gasteiger partial charge in [-0.2, -0.15) is 5.26 Å². The normalized spacial score (nSPS) is 12.9. The van der Waals surface area contributed by atoms with E-state index < -0.39 is 0 Å². The van der Waals surface area contributed by atoms with E-state index in [1.54, 1.807) is 0 Å². The first-order valence-electron chi connectivity index (χ1n) is 5.39. The molecule has 0 aromatic heterocycles. The molecule has 0 heterocycles. The molecule has 0 spiro atoms. The molecule has 0 aliphatic rings. The van der Waals surface area contributed by atoms with Crippen molar-refractivity contribution in [2.75, 3.05) is 0 Å². The molecule has 14 heavy (non-hydrogen) atoms. The summed E-state index contributed by atoms with van der Waals surface area (Å²) in [6.07, 6.45) is 2.16. The number of Topliss-reactive ketones (excluding diaryl/α,β-unsaturated/α-hetero) is 1. The topological polar surface area (TPSA) is 40.9 Å². The molecule has 0 rings (SSSR count). The molecule has 1 atom stereocenters. The van der Waals surface area contributed by atoms with Crippen LogP contribution < -0.4 is 0 Å². The summed E-state index contributed by atoms with van der Waals surface area (Å²) >= 11 is 0. The highest BCUT2D eigenvalue weighted by Crippen LogP contribution is 2.16. The quantitative estimate of drug-likeness (QED) is 0.653. The van der Waals surface area contributed by atoms with Crippen molar-refractivity contribution in [3.8, 4) is 6.07 Å². The first kappa shape index (κ1) is 13.2. The van der Waals surface area contributed by atoms with E-state index in [0.29, 0.717) is 24.7 Å². The fraction of sp³-hybridized carbons (Fsp3) is 0.833. The second kappa shape index (κ2) is 6.59. The summed E-state index contributed by atoms with van der Waals surface area (Å²) in [7, 11) is 0. The Hall–Kier alpha value is -0.840. The smallest absolute Gasteiger partial charge is 0.150 e. The highest BCUT2D eigenvalue weighted by atomic mass is 16.1. The largest absolute Gasteiger partial charge is 0.298 e. The highest BCUT2D eigenvalue weighted by Gasteiger charge is 2.18. The maximum absolute atomic E-state index is 11.6. The van der Waals surface area contributed by atoms with Gasteiger partial charge in [-0.3, -0.25) is 4.79 Å². The van der Waals surface area contributed by atoms with Crippen LogP contribution in [0.4, 0.5) is 0 Å². The van der Waals surface area contributed by atoms with Gasteiger partial charge in [0, 0.05) is 6.42 Å². The van der Waals surface area contributed by atoms with Gasteiger partial charge in [-0.25, -0.2) is 0 Å². The lowest BCUT2D eigenvalue weighted by Gasteiger charge is -2.11. The summed E-state index contributed by atoms with van der Waals surface area (Å²) in [5.74, 6) is 0.698. The number of nitriles is 1. The SMILES string of the molecule is CC(C)CCC(=O)C(C#N)CC(C)C. The Morgan fingerprint density at radius 3 is 2.14 bits per heavy atom. The maximum atomic E-state index is 11.6. The number of ketones is 1. The lowest BCUT2D eigenvalue weighted by Crippen LogP contribution is -2.15. The molecule has 0 bridgehead atoms. The number of carbonyl (C=O) groups is 1. The standard InChI is InChI=1S/C12H21NO/c1-9(2)5-6-12(14)11(8-13)7-10(3)4/h9-11H,5-7H2,1-4H3. The summed E-state index contributed by atoms with van der Waals surface area (Å²) in [6, 6.07) is 2.11. The van der Waals surface area contributed by atoms with Gasteiger partial charge in [0.25, 0.3) is 0 Å². The number of carbonyl (C=O) groups excluding carboxylic acids is 1. The first-order valence-corrected chi connectivity index (χ1v) is 5.39. The van der Waals surface area contributed by atoms with Crippen molar-refractivity contribution < 1.29 is 4.79 Å². The van der Waals surface area contributed by atoms with Gasteiger partial charge in [-0.1, -0.05) is 27.7 Å². The van der Waals surface area contributed by atoms with Crippen LogP contribution in [0.5, 0.6) is 0 Å². The third-order valence-corrected chi connectivity index (χ3v) is 2.22. The summed E-state index contributed by atoms with van der Waals surface area (Å²) in [6.45, 7) is 8.27. The van der Waals surface area contributed by atoms with Crippen LogP contribution in [0, 0.1) is 29.1 Å². The van der Waals surface area contributed by atoms with E-state index in [-0.39, 0.29) is 11.7 Å². The molecule has 0 saturated heterocycles. The fourth-order valence-corrected chi connectivity index (χ4v) is 1.33. The predicted molar refractivity (Wildman–Crippen MR) is 57.6 cm³/mol. The van der Waals surface area contributed by atoms with Crippen LogP contribution in [0.15, 0.2) is 0 Å². The molecule has 0 fully saturated rings. The lowest BCUT2D eigenvalue weighted by atomic mass is 9.91. The van der Waals surface area contributed by atoms with Crippen molar-refractivity contribution in [2.45, 2.75) is 47.0 Å². The second-order valence-electron chi connectivity index (χ2n) is 4.71. The van der Waals surface area contributed by atoms with Crippen LogP contribution in [-0.2, 0) is 4.79 Å². The van der Waals surface area contributed by atoms with Crippen molar-refractivity contribution in [3.63, 3.8) is 0 Å². The van der Waals surface area contributed by atoms with Gasteiger partial charge in [0.05, 0.1) is 6.07 Å². The van der Waals surface area contributed by atoms with Crippen molar-refractivity contribution in [1.29, 1.82) is 5.26 Å². The van der Waals surface area contributed by atoms with Gasteiger partial charge in [0.2, 0.25) is 0 Å². The molecule has 2 heteroatoms. The van der Waals surface area contributed by atoms with Crippen LogP contribution >= 0.6 is 0 Å². The second-order valence-corrected chi connectivity index (χ2v) is 4.71. The summed E-state index contributed by atoms with van der Waals surface area (Å²) in [5.41, 5.74) is 0. The van der Waals surface area contributed by atoms with Gasteiger partial charge in [-0.15, -0.1) is 0 Å². The molecule has 0 aliphatic heterocycles. The molecule has 2 nitrogen and oxygen atoms in total. The minimum absolute atomic E-state index is 0.120. The van der Waals surface area contributed by atoms with Crippen molar-refractivity contribution in [3.05, 3.63) is 0 Å². The molecular formula is C12H21NO. The third kappa shape index (κ3) is 5.75. The minimum atomic E-state index is -0.381. The van der Waals surface area contributed by atoms with Crippen LogP contribution in [0.1, 0.15) is 47.0 Å². The monoisotopic (exact) mass is 195 g/mol. The number of nitrogens with zero attached hydrogens (tertiary/aromatic N) is 1. The van der Waals surface area contributed by atoms with Gasteiger partial charge in [-0.05, 0) is 24.7 Å². The van der Waals surface area contributed by atoms with Crippen molar-refractivity contribution in [1.82, 2.24) is 0 Å². The highest BCUT2D eigenvalue weighted by molar-refractivity contribution is 5.83. The van der Waals surface area contributed by atoms with Gasteiger partial charge in [0.1, 0.15) is 11.7 Å². The Labute approximate surface area is 87.3 Å². The lowest BCUT2D eigenvalue weighted by molar-refractivity contribution is -0.121. The Morgan fingerprint density at radius 2 is 1.79 bits per heavy atom. The van der Waals surface area contributed by atoms with E-state index in [9.17, 15) is 4.79 Å². The summed E-state index contributed by atoms with van der Waals surface area (Å²) in [5, 5.41) is 8.84. The van der Waals surface area contributed by atoms with E-state index in [1.807, 2.05) is 13.8 Å². The molecule has 0 aromatic carbocycles. The van der Waals surface area contributed by atoms with Crippen LogP contribution in [0.25, 0.3) is 0 Å². The Bertz CT molecular complexity index is 213. The summed E-state index contributed by atoms with van der Waals surface area (Å²) < 4.78 is 0. The average Bonchev–Trinajstić information content (AvgIpc) is 2.09. The Morgan fingerprint density at radius 1 is 1.21 bits per heavy atom. The van der Waals surface area contributed by atoms with Gasteiger partial charge >= 0.3 is 0 Å². The molecule has 0 aromatic rings. The van der Waals surface area contributed by atoms with Gasteiger partial charge < -0.3 is 0 Å². The molecule has 1 unspecified atom stereocenters.